The summed E-state index contributed by atoms with van der Waals surface area (Å²) < 4.78 is 23.7. The fourth-order valence-electron chi connectivity index (χ4n) is 9.68. The van der Waals surface area contributed by atoms with E-state index in [9.17, 15) is 20.4 Å². The molecule has 0 aromatic heterocycles. The van der Waals surface area contributed by atoms with Crippen molar-refractivity contribution >= 4 is 0 Å². The van der Waals surface area contributed by atoms with Crippen molar-refractivity contribution in [1.29, 1.82) is 0 Å². The van der Waals surface area contributed by atoms with E-state index < -0.39 is 0 Å². The highest BCUT2D eigenvalue weighted by Gasteiger charge is 2.22. The van der Waals surface area contributed by atoms with Gasteiger partial charge in [0.2, 0.25) is 0 Å². The first-order chi connectivity index (χ1) is 41.0. The molecule has 8 nitrogen and oxygen atoms in total. The maximum absolute atomic E-state index is 12.5. The van der Waals surface area contributed by atoms with Gasteiger partial charge in [0.1, 0.15) is 46.0 Å². The van der Waals surface area contributed by atoms with E-state index in [1.54, 1.807) is 0 Å². The molecule has 0 unspecified atom stereocenters. The van der Waals surface area contributed by atoms with Gasteiger partial charge in [-0.2, -0.15) is 0 Å². The zero-order valence-electron chi connectivity index (χ0n) is 48.6. The van der Waals surface area contributed by atoms with Crippen LogP contribution < -0.4 is 18.9 Å². The number of phenolic OH excluding ortho intramolecular Hbond substituents is 4. The largest absolute Gasteiger partial charge is 0.507 e. The number of unbranched alkanes of at least 4 members (excludes halogenated alkanes) is 4. The van der Waals surface area contributed by atoms with Crippen molar-refractivity contribution in [2.45, 2.75) is 105 Å². The molecule has 0 heterocycles. The standard InChI is InChI=1S/C76H72O8/c1-5-9-37-81-69-29-21-53(22-30-69)13-17-57-41-61-49-63-43-58(18-14-54-23-31-70(32-24-54)82-38-10-6-2)45-65(74(63)78)51-67-47-60(20-16-56-27-35-72(36-28-56)84-40-12-8-4)48-68(76(67)80)52-66-46-59(44-64(75(66)79)50-62(42-57)73(61)77)19-15-55-25-33-71(34-26-55)83-39-11-7-3/h21-36,41-48,77-80H,5-12,37-40,49-52H2,1-4H3. The highest BCUT2D eigenvalue weighted by atomic mass is 16.5. The zero-order chi connectivity index (χ0) is 58.6. The molecule has 9 rings (SSSR count). The van der Waals surface area contributed by atoms with Crippen LogP contribution in [0.25, 0.3) is 0 Å². The van der Waals surface area contributed by atoms with Crippen molar-refractivity contribution in [2.24, 2.45) is 0 Å². The van der Waals surface area contributed by atoms with Crippen LogP contribution in [-0.2, 0) is 25.7 Å². The quantitative estimate of drug-likeness (QED) is 0.0558. The highest BCUT2D eigenvalue weighted by Crippen LogP contribution is 2.39. The Balaban J connectivity index is 1.18. The van der Waals surface area contributed by atoms with Crippen LogP contribution in [0, 0.1) is 47.4 Å². The Morgan fingerprint density at radius 1 is 0.262 bits per heavy atom. The summed E-state index contributed by atoms with van der Waals surface area (Å²) in [6, 6.07) is 45.5. The molecule has 0 saturated heterocycles. The molecule has 0 fully saturated rings. The van der Waals surface area contributed by atoms with E-state index in [1.807, 2.05) is 146 Å². The SMILES string of the molecule is CCCCOc1ccc(C#Cc2cc3c(O)c(c2)Cc2cc(C#Cc4ccc(OCCCC)cc4)cc(c2O)Cc2cc(C#Cc4ccc(OCCCC)cc4)cc(c2O)Cc2cc(C#Cc4ccc(OCCCC)cc4)cc(c2O)C3)cc1. The van der Waals surface area contributed by atoms with Crippen molar-refractivity contribution < 1.29 is 39.4 Å². The van der Waals surface area contributed by atoms with Crippen molar-refractivity contribution in [3.8, 4) is 93.4 Å². The lowest BCUT2D eigenvalue weighted by atomic mass is 9.88. The first-order valence-corrected chi connectivity index (χ1v) is 29.4. The van der Waals surface area contributed by atoms with Gasteiger partial charge < -0.3 is 39.4 Å². The molecular weight excluding hydrogens is 1040 g/mol. The molecule has 0 amide bonds. The molecule has 8 aromatic carbocycles. The first-order valence-electron chi connectivity index (χ1n) is 29.4. The van der Waals surface area contributed by atoms with Crippen molar-refractivity contribution in [3.05, 3.63) is 235 Å². The summed E-state index contributed by atoms with van der Waals surface area (Å²) in [7, 11) is 0. The van der Waals surface area contributed by atoms with Gasteiger partial charge in [-0.3, -0.25) is 0 Å². The minimum Gasteiger partial charge on any atom is -0.507 e. The second-order valence-electron chi connectivity index (χ2n) is 21.2. The predicted octanol–water partition coefficient (Wildman–Crippen LogP) is 15.5. The fourth-order valence-corrected chi connectivity index (χ4v) is 9.68. The second-order valence-corrected chi connectivity index (χ2v) is 21.2. The van der Waals surface area contributed by atoms with Crippen LogP contribution in [0.4, 0.5) is 0 Å². The van der Waals surface area contributed by atoms with Crippen LogP contribution in [0.15, 0.2) is 146 Å². The summed E-state index contributed by atoms with van der Waals surface area (Å²) in [4.78, 5) is 0. The van der Waals surface area contributed by atoms with Crippen LogP contribution in [0.5, 0.6) is 46.0 Å². The lowest BCUT2D eigenvalue weighted by Crippen LogP contribution is -2.03. The molecule has 0 saturated carbocycles. The van der Waals surface area contributed by atoms with E-state index in [4.69, 9.17) is 18.9 Å². The van der Waals surface area contributed by atoms with Crippen LogP contribution in [0.1, 0.15) is 168 Å². The monoisotopic (exact) mass is 1110 g/mol. The lowest BCUT2D eigenvalue weighted by Gasteiger charge is -2.18. The Hall–Kier alpha value is -9.60. The van der Waals surface area contributed by atoms with E-state index in [-0.39, 0.29) is 48.7 Å². The Morgan fingerprint density at radius 2 is 0.429 bits per heavy atom. The number of phenols is 4. The van der Waals surface area contributed by atoms with E-state index in [0.29, 0.717) is 93.2 Å². The maximum Gasteiger partial charge on any atom is 0.122 e. The number of ether oxygens (including phenoxy) is 4. The molecule has 0 aliphatic heterocycles. The summed E-state index contributed by atoms with van der Waals surface area (Å²) in [6.07, 6.45) is 8.39. The van der Waals surface area contributed by atoms with Gasteiger partial charge >= 0.3 is 0 Å². The zero-order valence-corrected chi connectivity index (χ0v) is 48.6. The normalized spacial score (nSPS) is 11.3. The maximum atomic E-state index is 12.5. The number of aromatic hydroxyl groups is 4. The number of hydrogen-bond acceptors (Lipinski definition) is 8. The van der Waals surface area contributed by atoms with Crippen molar-refractivity contribution in [3.63, 3.8) is 0 Å². The molecular formula is C76H72O8. The summed E-state index contributed by atoms with van der Waals surface area (Å²) in [5.74, 6) is 29.8. The van der Waals surface area contributed by atoms with E-state index in [2.05, 4.69) is 75.1 Å². The van der Waals surface area contributed by atoms with E-state index in [0.717, 1.165) is 96.6 Å². The van der Waals surface area contributed by atoms with Crippen LogP contribution in [-0.4, -0.2) is 46.9 Å². The number of hydrogen-bond donors (Lipinski definition) is 4. The van der Waals surface area contributed by atoms with Gasteiger partial charge in [0.05, 0.1) is 26.4 Å². The number of fused-ring (bicyclic) bond motifs is 8. The highest BCUT2D eigenvalue weighted by molar-refractivity contribution is 5.62. The van der Waals surface area contributed by atoms with Gasteiger partial charge in [-0.1, -0.05) is 101 Å². The molecule has 1 aliphatic rings. The lowest BCUT2D eigenvalue weighted by molar-refractivity contribution is 0.309. The van der Waals surface area contributed by atoms with Gasteiger partial charge in [0.15, 0.2) is 0 Å². The summed E-state index contributed by atoms with van der Waals surface area (Å²) in [5.41, 5.74) is 9.71. The Kier molecular flexibility index (Phi) is 20.7. The third kappa shape index (κ3) is 16.3. The van der Waals surface area contributed by atoms with E-state index >= 15 is 0 Å². The predicted molar refractivity (Wildman–Crippen MR) is 335 cm³/mol. The molecule has 4 N–H and O–H groups in total. The van der Waals surface area contributed by atoms with Crippen molar-refractivity contribution in [1.82, 2.24) is 0 Å². The Labute approximate surface area is 496 Å². The van der Waals surface area contributed by atoms with Gasteiger partial charge in [0.25, 0.3) is 0 Å². The molecule has 0 atom stereocenters. The summed E-state index contributed by atoms with van der Waals surface area (Å²) >= 11 is 0. The second kappa shape index (κ2) is 29.4. The Bertz CT molecular complexity index is 3230. The topological polar surface area (TPSA) is 118 Å². The summed E-state index contributed by atoms with van der Waals surface area (Å²) in [6.45, 7) is 11.1. The average Bonchev–Trinajstić information content (AvgIpc) is 3.64. The molecule has 1 aliphatic carbocycles. The molecule has 424 valence electrons. The molecule has 8 heteroatoms. The average molecular weight is 1110 g/mol. The molecule has 0 spiro atoms. The molecule has 8 bridgehead atoms. The van der Waals surface area contributed by atoms with Gasteiger partial charge in [0, 0.05) is 70.2 Å². The minimum absolute atomic E-state index is 0.00308. The van der Waals surface area contributed by atoms with Gasteiger partial charge in [-0.25, -0.2) is 0 Å². The van der Waals surface area contributed by atoms with Crippen LogP contribution in [0.2, 0.25) is 0 Å². The molecule has 0 radical (unpaired) electrons. The van der Waals surface area contributed by atoms with E-state index in [1.165, 1.54) is 0 Å². The van der Waals surface area contributed by atoms with Crippen LogP contribution >= 0.6 is 0 Å². The molecule has 84 heavy (non-hydrogen) atoms. The minimum atomic E-state index is 0.00308. The molecule has 8 aromatic rings. The van der Waals surface area contributed by atoms with Crippen LogP contribution in [0.3, 0.4) is 0 Å². The third-order valence-corrected chi connectivity index (χ3v) is 14.5. The Morgan fingerprint density at radius 3 is 0.595 bits per heavy atom. The third-order valence-electron chi connectivity index (χ3n) is 14.5. The first kappa shape index (κ1) is 59.0. The van der Waals surface area contributed by atoms with Gasteiger partial charge in [-0.15, -0.1) is 0 Å². The number of benzene rings is 8. The summed E-state index contributed by atoms with van der Waals surface area (Å²) in [5, 5.41) is 49.9. The van der Waals surface area contributed by atoms with Gasteiger partial charge in [-0.05, 0) is 216 Å². The van der Waals surface area contributed by atoms with Crippen molar-refractivity contribution in [2.75, 3.05) is 26.4 Å². The number of rotatable bonds is 16. The fraction of sp³-hybridized carbons (Fsp3) is 0.263. The smallest absolute Gasteiger partial charge is 0.122 e.